The van der Waals surface area contributed by atoms with Crippen LogP contribution in [0.25, 0.3) is 0 Å². The van der Waals surface area contributed by atoms with E-state index in [1.54, 1.807) is 12.1 Å². The lowest BCUT2D eigenvalue weighted by atomic mass is 10.1. The Kier molecular flexibility index (Phi) is 6.30. The number of Topliss-reactive ketones (excluding diaryl/α,β-unsaturated/α-hetero) is 1. The number of ketones is 1. The van der Waals surface area contributed by atoms with E-state index in [-0.39, 0.29) is 11.7 Å². The first-order valence-corrected chi connectivity index (χ1v) is 11.3. The standard InChI is InChI=1S/C24H30ClN3O2/c1-17-15-21(18(2)28(17)19-7-3-4-8-19)23(29)16-26-11-13-27(14-12-26)24(30)20-9-5-6-10-22(20)25/h5-6,9-10,15,19H,3-4,7-8,11-14,16H2,1-2H3. The lowest BCUT2D eigenvalue weighted by Crippen LogP contribution is -2.50. The first kappa shape index (κ1) is 21.1. The summed E-state index contributed by atoms with van der Waals surface area (Å²) in [5.74, 6) is 0.143. The molecule has 2 aliphatic rings. The van der Waals surface area contributed by atoms with E-state index in [9.17, 15) is 9.59 Å². The summed E-state index contributed by atoms with van der Waals surface area (Å²) in [5.41, 5.74) is 3.70. The van der Waals surface area contributed by atoms with Crippen LogP contribution in [0.15, 0.2) is 30.3 Å². The first-order chi connectivity index (χ1) is 14.5. The van der Waals surface area contributed by atoms with E-state index in [0.717, 1.165) is 11.3 Å². The molecule has 1 aliphatic heterocycles. The van der Waals surface area contributed by atoms with Gasteiger partial charge in [0.05, 0.1) is 17.1 Å². The average molecular weight is 428 g/mol. The lowest BCUT2D eigenvalue weighted by Gasteiger charge is -2.34. The largest absolute Gasteiger partial charge is 0.345 e. The van der Waals surface area contributed by atoms with Crippen molar-refractivity contribution in [3.8, 4) is 0 Å². The minimum Gasteiger partial charge on any atom is -0.345 e. The highest BCUT2D eigenvalue weighted by Gasteiger charge is 2.27. The first-order valence-electron chi connectivity index (χ1n) is 10.9. The van der Waals surface area contributed by atoms with Gasteiger partial charge in [-0.3, -0.25) is 14.5 Å². The maximum absolute atomic E-state index is 13.0. The van der Waals surface area contributed by atoms with Crippen LogP contribution in [0.2, 0.25) is 5.02 Å². The Hall–Kier alpha value is -2.11. The van der Waals surface area contributed by atoms with Crippen LogP contribution < -0.4 is 0 Å². The summed E-state index contributed by atoms with van der Waals surface area (Å²) in [5, 5.41) is 0.484. The van der Waals surface area contributed by atoms with Crippen molar-refractivity contribution in [2.75, 3.05) is 32.7 Å². The zero-order valence-corrected chi connectivity index (χ0v) is 18.6. The molecule has 0 atom stereocenters. The van der Waals surface area contributed by atoms with Crippen LogP contribution in [0.1, 0.15) is 63.8 Å². The van der Waals surface area contributed by atoms with Crippen molar-refractivity contribution < 1.29 is 9.59 Å². The van der Waals surface area contributed by atoms with Crippen molar-refractivity contribution in [1.82, 2.24) is 14.4 Å². The summed E-state index contributed by atoms with van der Waals surface area (Å²) in [6.45, 7) is 7.21. The van der Waals surface area contributed by atoms with Gasteiger partial charge in [-0.1, -0.05) is 36.6 Å². The van der Waals surface area contributed by atoms with Crippen molar-refractivity contribution in [2.45, 2.75) is 45.6 Å². The summed E-state index contributed by atoms with van der Waals surface area (Å²) in [7, 11) is 0. The Bertz CT molecular complexity index is 938. The number of hydrogen-bond donors (Lipinski definition) is 0. The van der Waals surface area contributed by atoms with E-state index >= 15 is 0 Å². The summed E-state index contributed by atoms with van der Waals surface area (Å²) in [6.07, 6.45) is 4.99. The van der Waals surface area contributed by atoms with E-state index in [1.165, 1.54) is 31.4 Å². The molecule has 0 radical (unpaired) electrons. The van der Waals surface area contributed by atoms with Gasteiger partial charge in [0.15, 0.2) is 5.78 Å². The van der Waals surface area contributed by atoms with Crippen LogP contribution >= 0.6 is 11.6 Å². The SMILES string of the molecule is Cc1cc(C(=O)CN2CCN(C(=O)c3ccccc3Cl)CC2)c(C)n1C1CCCC1. The van der Waals surface area contributed by atoms with E-state index in [4.69, 9.17) is 11.6 Å². The molecule has 0 bridgehead atoms. The molecule has 5 nitrogen and oxygen atoms in total. The maximum atomic E-state index is 13.0. The van der Waals surface area contributed by atoms with Crippen LogP contribution in [0, 0.1) is 13.8 Å². The fourth-order valence-electron chi connectivity index (χ4n) is 4.99. The highest BCUT2D eigenvalue weighted by Crippen LogP contribution is 2.33. The molecule has 1 aromatic carbocycles. The van der Waals surface area contributed by atoms with E-state index in [0.29, 0.717) is 49.4 Å². The molecule has 1 saturated carbocycles. The topological polar surface area (TPSA) is 45.6 Å². The average Bonchev–Trinajstić information content (AvgIpc) is 3.36. The molecule has 0 spiro atoms. The van der Waals surface area contributed by atoms with Crippen molar-refractivity contribution in [1.29, 1.82) is 0 Å². The molecule has 2 fully saturated rings. The maximum Gasteiger partial charge on any atom is 0.255 e. The number of halogens is 1. The Morgan fingerprint density at radius 2 is 1.67 bits per heavy atom. The van der Waals surface area contributed by atoms with Gasteiger partial charge in [0.2, 0.25) is 0 Å². The summed E-state index contributed by atoms with van der Waals surface area (Å²) in [6, 6.07) is 9.77. The third-order valence-electron chi connectivity index (χ3n) is 6.61. The van der Waals surface area contributed by atoms with Gasteiger partial charge in [-0.15, -0.1) is 0 Å². The third-order valence-corrected chi connectivity index (χ3v) is 6.94. The number of aromatic nitrogens is 1. The van der Waals surface area contributed by atoms with Gasteiger partial charge < -0.3 is 9.47 Å². The highest BCUT2D eigenvalue weighted by atomic mass is 35.5. The molecule has 4 rings (SSSR count). The number of benzene rings is 1. The Morgan fingerprint density at radius 1 is 1.00 bits per heavy atom. The minimum atomic E-state index is -0.0355. The lowest BCUT2D eigenvalue weighted by molar-refractivity contribution is 0.0624. The zero-order chi connectivity index (χ0) is 21.3. The molecular formula is C24H30ClN3O2. The predicted molar refractivity (Wildman–Crippen MR) is 120 cm³/mol. The second-order valence-electron chi connectivity index (χ2n) is 8.56. The smallest absolute Gasteiger partial charge is 0.255 e. The predicted octanol–water partition coefficient (Wildman–Crippen LogP) is 4.51. The third kappa shape index (κ3) is 4.19. The number of piperazine rings is 1. The molecule has 160 valence electrons. The van der Waals surface area contributed by atoms with Gasteiger partial charge in [0.25, 0.3) is 5.91 Å². The second kappa shape index (κ2) is 8.94. The Morgan fingerprint density at radius 3 is 2.33 bits per heavy atom. The van der Waals surface area contributed by atoms with E-state index in [1.807, 2.05) is 17.0 Å². The second-order valence-corrected chi connectivity index (χ2v) is 8.97. The fourth-order valence-corrected chi connectivity index (χ4v) is 5.20. The summed E-state index contributed by atoms with van der Waals surface area (Å²) in [4.78, 5) is 29.8. The molecule has 0 N–H and O–H groups in total. The van der Waals surface area contributed by atoms with E-state index < -0.39 is 0 Å². The van der Waals surface area contributed by atoms with Crippen LogP contribution in [-0.4, -0.2) is 58.8 Å². The van der Waals surface area contributed by atoms with Gasteiger partial charge >= 0.3 is 0 Å². The quantitative estimate of drug-likeness (QED) is 0.659. The summed E-state index contributed by atoms with van der Waals surface area (Å²) < 4.78 is 2.38. The van der Waals surface area contributed by atoms with Gasteiger partial charge in [0.1, 0.15) is 0 Å². The van der Waals surface area contributed by atoms with Crippen LogP contribution in [0.3, 0.4) is 0 Å². The van der Waals surface area contributed by atoms with Crippen LogP contribution in [0.5, 0.6) is 0 Å². The van der Waals surface area contributed by atoms with Gasteiger partial charge in [0, 0.05) is 49.2 Å². The van der Waals surface area contributed by atoms with Crippen molar-refractivity contribution in [2.24, 2.45) is 0 Å². The molecule has 1 amide bonds. The molecule has 1 saturated heterocycles. The number of aryl methyl sites for hydroxylation is 1. The Labute approximate surface area is 183 Å². The van der Waals surface area contributed by atoms with Gasteiger partial charge in [-0.05, 0) is 44.9 Å². The Balaban J connectivity index is 1.36. The van der Waals surface area contributed by atoms with Crippen molar-refractivity contribution in [3.63, 3.8) is 0 Å². The van der Waals surface area contributed by atoms with E-state index in [2.05, 4.69) is 29.4 Å². The number of amides is 1. The number of nitrogens with zero attached hydrogens (tertiary/aromatic N) is 3. The van der Waals surface area contributed by atoms with Gasteiger partial charge in [-0.25, -0.2) is 0 Å². The number of rotatable bonds is 5. The summed E-state index contributed by atoms with van der Waals surface area (Å²) >= 11 is 6.18. The van der Waals surface area contributed by atoms with Crippen LogP contribution in [0.4, 0.5) is 0 Å². The molecule has 30 heavy (non-hydrogen) atoms. The number of carbonyl (C=O) groups excluding carboxylic acids is 2. The van der Waals surface area contributed by atoms with Crippen LogP contribution in [-0.2, 0) is 0 Å². The molecule has 2 heterocycles. The van der Waals surface area contributed by atoms with Gasteiger partial charge in [-0.2, -0.15) is 0 Å². The molecule has 0 unspecified atom stereocenters. The number of carbonyl (C=O) groups is 2. The highest BCUT2D eigenvalue weighted by molar-refractivity contribution is 6.33. The monoisotopic (exact) mass is 427 g/mol. The molecule has 6 heteroatoms. The molecular weight excluding hydrogens is 398 g/mol. The zero-order valence-electron chi connectivity index (χ0n) is 17.9. The molecule has 1 aromatic heterocycles. The molecule has 2 aromatic rings. The van der Waals surface area contributed by atoms with Crippen molar-refractivity contribution in [3.05, 3.63) is 57.9 Å². The normalized spacial score (nSPS) is 18.2. The molecule has 1 aliphatic carbocycles. The number of hydrogen-bond acceptors (Lipinski definition) is 3. The minimum absolute atomic E-state index is 0.0355. The van der Waals surface area contributed by atoms with Crippen molar-refractivity contribution >= 4 is 23.3 Å². The fraction of sp³-hybridized carbons (Fsp3) is 0.500.